The molecule has 0 spiro atoms. The highest BCUT2D eigenvalue weighted by Gasteiger charge is 2.24. The van der Waals surface area contributed by atoms with Crippen LogP contribution in [0.2, 0.25) is 0 Å². The predicted molar refractivity (Wildman–Crippen MR) is 75.9 cm³/mol. The molecule has 0 aromatic heterocycles. The van der Waals surface area contributed by atoms with E-state index in [9.17, 15) is 15.0 Å². The normalized spacial score (nSPS) is 14.1. The Labute approximate surface area is 117 Å². The average molecular weight is 274 g/mol. The monoisotopic (exact) mass is 274 g/mol. The van der Waals surface area contributed by atoms with Gasteiger partial charge in [0.15, 0.2) is 6.10 Å². The molecule has 114 valence electrons. The van der Waals surface area contributed by atoms with Crippen molar-refractivity contribution < 1.29 is 19.7 Å². The van der Waals surface area contributed by atoms with Crippen LogP contribution in [0.25, 0.3) is 0 Å². The number of aliphatic hydroxyl groups excluding tert-OH is 2. The van der Waals surface area contributed by atoms with Crippen molar-refractivity contribution in [3.8, 4) is 0 Å². The third-order valence-corrected chi connectivity index (χ3v) is 3.25. The minimum atomic E-state index is -1.40. The number of rotatable bonds is 12. The van der Waals surface area contributed by atoms with E-state index in [1.807, 2.05) is 0 Å². The minimum absolute atomic E-state index is 0.223. The number of esters is 1. The van der Waals surface area contributed by atoms with Crippen LogP contribution in [0.4, 0.5) is 0 Å². The molecule has 2 N–H and O–H groups in total. The standard InChI is InChI=1S/C15H30O4/c1-3-5-6-7-8-9-10-11-12-13(16)14(17)15(18)19-4-2/h13-14,16-17H,3-12H2,1-2H3/t13-,14+/m0/s1. The van der Waals surface area contributed by atoms with Crippen LogP contribution >= 0.6 is 0 Å². The topological polar surface area (TPSA) is 66.8 Å². The van der Waals surface area contributed by atoms with Crippen LogP contribution in [0.3, 0.4) is 0 Å². The molecule has 0 heterocycles. The van der Waals surface area contributed by atoms with Gasteiger partial charge in [0.1, 0.15) is 0 Å². The van der Waals surface area contributed by atoms with Crippen LogP contribution in [0, 0.1) is 0 Å². The molecule has 4 nitrogen and oxygen atoms in total. The number of aliphatic hydroxyl groups is 2. The Morgan fingerprint density at radius 1 is 0.947 bits per heavy atom. The summed E-state index contributed by atoms with van der Waals surface area (Å²) < 4.78 is 4.66. The summed E-state index contributed by atoms with van der Waals surface area (Å²) in [5, 5.41) is 19.1. The molecule has 0 aliphatic carbocycles. The lowest BCUT2D eigenvalue weighted by atomic mass is 10.0. The van der Waals surface area contributed by atoms with Crippen LogP contribution in [-0.4, -0.2) is 35.0 Å². The zero-order valence-corrected chi connectivity index (χ0v) is 12.4. The minimum Gasteiger partial charge on any atom is -0.464 e. The molecule has 4 heteroatoms. The predicted octanol–water partition coefficient (Wildman–Crippen LogP) is 2.80. The SMILES string of the molecule is CCCCCCCCCC[C@H](O)[C@@H](O)C(=O)OCC. The summed E-state index contributed by atoms with van der Waals surface area (Å²) in [7, 11) is 0. The second kappa shape index (κ2) is 12.4. The molecule has 0 fully saturated rings. The Morgan fingerprint density at radius 3 is 2.00 bits per heavy atom. The van der Waals surface area contributed by atoms with Crippen molar-refractivity contribution in [3.63, 3.8) is 0 Å². The average Bonchev–Trinajstić information content (AvgIpc) is 2.41. The number of hydrogen-bond donors (Lipinski definition) is 2. The van der Waals surface area contributed by atoms with Crippen molar-refractivity contribution in [2.75, 3.05) is 6.61 Å². The molecular formula is C15H30O4. The second-order valence-electron chi connectivity index (χ2n) is 5.03. The maximum atomic E-state index is 11.2. The van der Waals surface area contributed by atoms with Crippen molar-refractivity contribution >= 4 is 5.97 Å². The number of ether oxygens (including phenoxy) is 1. The Kier molecular flexibility index (Phi) is 12.0. The van der Waals surface area contributed by atoms with E-state index in [4.69, 9.17) is 0 Å². The fourth-order valence-corrected chi connectivity index (χ4v) is 2.03. The van der Waals surface area contributed by atoms with Gasteiger partial charge in [0, 0.05) is 0 Å². The highest BCUT2D eigenvalue weighted by Crippen LogP contribution is 2.12. The molecule has 0 aliphatic heterocycles. The molecule has 0 saturated heterocycles. The first-order chi connectivity index (χ1) is 9.13. The van der Waals surface area contributed by atoms with Gasteiger partial charge in [-0.25, -0.2) is 4.79 Å². The molecule has 0 amide bonds. The van der Waals surface area contributed by atoms with Crippen LogP contribution < -0.4 is 0 Å². The van der Waals surface area contributed by atoms with Gasteiger partial charge in [0.2, 0.25) is 0 Å². The number of carbonyl (C=O) groups excluding carboxylic acids is 1. The molecule has 0 radical (unpaired) electrons. The summed E-state index contributed by atoms with van der Waals surface area (Å²) in [4.78, 5) is 11.2. The summed E-state index contributed by atoms with van der Waals surface area (Å²) in [6.07, 6.45) is 7.48. The number of unbranched alkanes of at least 4 members (excludes halogenated alkanes) is 7. The second-order valence-corrected chi connectivity index (χ2v) is 5.03. The van der Waals surface area contributed by atoms with Gasteiger partial charge in [-0.15, -0.1) is 0 Å². The highest BCUT2D eigenvalue weighted by molar-refractivity contribution is 5.75. The first-order valence-electron chi connectivity index (χ1n) is 7.66. The molecular weight excluding hydrogens is 244 g/mol. The van der Waals surface area contributed by atoms with Gasteiger partial charge < -0.3 is 14.9 Å². The van der Waals surface area contributed by atoms with E-state index in [1.54, 1.807) is 6.92 Å². The van der Waals surface area contributed by atoms with Gasteiger partial charge in [-0.1, -0.05) is 58.3 Å². The van der Waals surface area contributed by atoms with E-state index < -0.39 is 18.2 Å². The van der Waals surface area contributed by atoms with Gasteiger partial charge in [0.25, 0.3) is 0 Å². The van der Waals surface area contributed by atoms with Gasteiger partial charge >= 0.3 is 5.97 Å². The Morgan fingerprint density at radius 2 is 1.47 bits per heavy atom. The molecule has 0 aromatic rings. The quantitative estimate of drug-likeness (QED) is 0.424. The lowest BCUT2D eigenvalue weighted by Crippen LogP contribution is -2.35. The molecule has 0 aliphatic rings. The highest BCUT2D eigenvalue weighted by atomic mass is 16.5. The van der Waals surface area contributed by atoms with Gasteiger partial charge in [-0.05, 0) is 13.3 Å². The fraction of sp³-hybridized carbons (Fsp3) is 0.933. The Hall–Kier alpha value is -0.610. The van der Waals surface area contributed by atoms with Crippen LogP contribution in [-0.2, 0) is 9.53 Å². The van der Waals surface area contributed by atoms with Crippen molar-refractivity contribution in [1.29, 1.82) is 0 Å². The molecule has 19 heavy (non-hydrogen) atoms. The Balaban J connectivity index is 3.47. The zero-order valence-electron chi connectivity index (χ0n) is 12.4. The van der Waals surface area contributed by atoms with E-state index in [0.29, 0.717) is 6.42 Å². The number of carbonyl (C=O) groups is 1. The van der Waals surface area contributed by atoms with E-state index in [-0.39, 0.29) is 6.61 Å². The smallest absolute Gasteiger partial charge is 0.337 e. The van der Waals surface area contributed by atoms with Crippen molar-refractivity contribution in [1.82, 2.24) is 0 Å². The summed E-state index contributed by atoms with van der Waals surface area (Å²) in [6.45, 7) is 4.10. The van der Waals surface area contributed by atoms with Crippen LogP contribution in [0.15, 0.2) is 0 Å². The third-order valence-electron chi connectivity index (χ3n) is 3.25. The molecule has 0 rings (SSSR count). The summed E-state index contributed by atoms with van der Waals surface area (Å²) in [5.41, 5.74) is 0. The van der Waals surface area contributed by atoms with Gasteiger partial charge in [-0.2, -0.15) is 0 Å². The van der Waals surface area contributed by atoms with Crippen molar-refractivity contribution in [2.24, 2.45) is 0 Å². The third kappa shape index (κ3) is 9.91. The van der Waals surface area contributed by atoms with E-state index in [0.717, 1.165) is 19.3 Å². The summed E-state index contributed by atoms with van der Waals surface area (Å²) >= 11 is 0. The fourth-order valence-electron chi connectivity index (χ4n) is 2.03. The largest absolute Gasteiger partial charge is 0.464 e. The molecule has 0 bridgehead atoms. The van der Waals surface area contributed by atoms with Gasteiger partial charge in [0.05, 0.1) is 12.7 Å². The van der Waals surface area contributed by atoms with Crippen LogP contribution in [0.5, 0.6) is 0 Å². The van der Waals surface area contributed by atoms with E-state index in [2.05, 4.69) is 11.7 Å². The maximum Gasteiger partial charge on any atom is 0.337 e. The zero-order chi connectivity index (χ0) is 14.5. The van der Waals surface area contributed by atoms with Gasteiger partial charge in [-0.3, -0.25) is 0 Å². The van der Waals surface area contributed by atoms with E-state index in [1.165, 1.54) is 32.1 Å². The summed E-state index contributed by atoms with van der Waals surface area (Å²) in [5.74, 6) is -0.727. The van der Waals surface area contributed by atoms with Crippen molar-refractivity contribution in [2.45, 2.75) is 83.8 Å². The summed E-state index contributed by atoms with van der Waals surface area (Å²) in [6, 6.07) is 0. The lowest BCUT2D eigenvalue weighted by Gasteiger charge is -2.16. The lowest BCUT2D eigenvalue weighted by molar-refractivity contribution is -0.159. The maximum absolute atomic E-state index is 11.2. The molecule has 0 aromatic carbocycles. The van der Waals surface area contributed by atoms with E-state index >= 15 is 0 Å². The Bertz CT molecular complexity index is 218. The number of hydrogen-bond acceptors (Lipinski definition) is 4. The molecule has 0 unspecified atom stereocenters. The molecule has 2 atom stereocenters. The van der Waals surface area contributed by atoms with Crippen molar-refractivity contribution in [3.05, 3.63) is 0 Å². The first kappa shape index (κ1) is 18.4. The van der Waals surface area contributed by atoms with Crippen LogP contribution in [0.1, 0.15) is 71.6 Å². The first-order valence-corrected chi connectivity index (χ1v) is 7.66. The molecule has 0 saturated carbocycles.